The van der Waals surface area contributed by atoms with Crippen LogP contribution in [0.4, 0.5) is 17.1 Å². The molecular weight excluding hydrogens is 314 g/mol. The fraction of sp³-hybridized carbons (Fsp3) is 0.300. The fourth-order valence-corrected chi connectivity index (χ4v) is 3.10. The smallest absolute Gasteiger partial charge is 0.247 e. The van der Waals surface area contributed by atoms with Gasteiger partial charge in [-0.15, -0.1) is 0 Å². The number of benzene rings is 2. The van der Waals surface area contributed by atoms with E-state index in [-0.39, 0.29) is 18.2 Å². The van der Waals surface area contributed by atoms with Crippen LogP contribution in [0.2, 0.25) is 0 Å². The van der Waals surface area contributed by atoms with Crippen LogP contribution in [0, 0.1) is 27.7 Å². The lowest BCUT2D eigenvalue weighted by Crippen LogP contribution is -2.41. The zero-order valence-corrected chi connectivity index (χ0v) is 15.0. The van der Waals surface area contributed by atoms with Crippen LogP contribution in [0.3, 0.4) is 0 Å². The highest BCUT2D eigenvalue weighted by molar-refractivity contribution is 6.06. The summed E-state index contributed by atoms with van der Waals surface area (Å²) in [5.41, 5.74) is 6.80. The summed E-state index contributed by atoms with van der Waals surface area (Å²) in [4.78, 5) is 24.6. The van der Waals surface area contributed by atoms with Crippen LogP contribution in [0.15, 0.2) is 30.3 Å². The lowest BCUT2D eigenvalue weighted by atomic mass is 10.0. The molecule has 1 atom stereocenters. The summed E-state index contributed by atoms with van der Waals surface area (Å²) < 4.78 is 0. The number of aryl methyl sites for hydroxylation is 4. The van der Waals surface area contributed by atoms with Crippen LogP contribution in [0.1, 0.15) is 28.7 Å². The molecule has 0 saturated heterocycles. The minimum Gasteiger partial charge on any atom is -0.372 e. The Morgan fingerprint density at radius 1 is 0.960 bits per heavy atom. The maximum absolute atomic E-state index is 12.4. The van der Waals surface area contributed by atoms with E-state index in [9.17, 15) is 9.59 Å². The van der Waals surface area contributed by atoms with Crippen molar-refractivity contribution in [2.24, 2.45) is 0 Å². The molecule has 3 N–H and O–H groups in total. The third kappa shape index (κ3) is 3.82. The molecule has 1 heterocycles. The van der Waals surface area contributed by atoms with E-state index >= 15 is 0 Å². The zero-order valence-electron chi connectivity index (χ0n) is 15.0. The number of rotatable bonds is 3. The first-order valence-corrected chi connectivity index (χ1v) is 8.38. The van der Waals surface area contributed by atoms with Crippen LogP contribution < -0.4 is 16.0 Å². The average molecular weight is 337 g/mol. The van der Waals surface area contributed by atoms with Gasteiger partial charge < -0.3 is 16.0 Å². The Morgan fingerprint density at radius 2 is 1.56 bits per heavy atom. The highest BCUT2D eigenvalue weighted by Crippen LogP contribution is 2.30. The van der Waals surface area contributed by atoms with Gasteiger partial charge in [-0.25, -0.2) is 0 Å². The second-order valence-corrected chi connectivity index (χ2v) is 6.80. The molecule has 0 bridgehead atoms. The largest absolute Gasteiger partial charge is 0.372 e. The number of anilines is 3. The van der Waals surface area contributed by atoms with Gasteiger partial charge in [0.1, 0.15) is 6.04 Å². The predicted molar refractivity (Wildman–Crippen MR) is 101 cm³/mol. The van der Waals surface area contributed by atoms with Gasteiger partial charge in [-0.1, -0.05) is 6.07 Å². The molecule has 0 fully saturated rings. The minimum absolute atomic E-state index is 0.0746. The van der Waals surface area contributed by atoms with E-state index in [0.29, 0.717) is 0 Å². The van der Waals surface area contributed by atoms with Gasteiger partial charge in [-0.3, -0.25) is 9.59 Å². The Kier molecular flexibility index (Phi) is 4.49. The molecular formula is C20H23N3O2. The van der Waals surface area contributed by atoms with Crippen molar-refractivity contribution in [2.45, 2.75) is 40.2 Å². The summed E-state index contributed by atoms with van der Waals surface area (Å²) in [7, 11) is 0. The average Bonchev–Trinajstić information content (AvgIpc) is 2.49. The number of fused-ring (bicyclic) bond motifs is 1. The highest BCUT2D eigenvalue weighted by atomic mass is 16.2. The third-order valence-electron chi connectivity index (χ3n) is 4.43. The topological polar surface area (TPSA) is 70.2 Å². The molecule has 0 aliphatic carbocycles. The minimum atomic E-state index is -0.583. The van der Waals surface area contributed by atoms with Crippen molar-refractivity contribution in [3.8, 4) is 0 Å². The standard InChI is InChI=1S/C20H23N3O2/c1-11-5-12(2)7-15(6-11)21-19(24)10-18-20(25)23-17-9-14(4)13(3)8-16(17)22-18/h5-9,18,22H,10H2,1-4H3,(H,21,24)(H,23,25)/t18-/m1/s1. The number of carbonyl (C=O) groups excluding carboxylic acids is 2. The molecule has 0 aromatic heterocycles. The first-order chi connectivity index (χ1) is 11.8. The van der Waals surface area contributed by atoms with E-state index < -0.39 is 6.04 Å². The molecule has 2 aromatic rings. The highest BCUT2D eigenvalue weighted by Gasteiger charge is 2.28. The molecule has 25 heavy (non-hydrogen) atoms. The van der Waals surface area contributed by atoms with Gasteiger partial charge in [0.15, 0.2) is 0 Å². The van der Waals surface area contributed by atoms with E-state index in [4.69, 9.17) is 0 Å². The third-order valence-corrected chi connectivity index (χ3v) is 4.43. The van der Waals surface area contributed by atoms with Crippen molar-refractivity contribution in [1.82, 2.24) is 0 Å². The molecule has 1 aliphatic heterocycles. The number of carbonyl (C=O) groups is 2. The Morgan fingerprint density at radius 3 is 2.20 bits per heavy atom. The molecule has 130 valence electrons. The van der Waals surface area contributed by atoms with Crippen molar-refractivity contribution < 1.29 is 9.59 Å². The number of hydrogen-bond donors (Lipinski definition) is 3. The van der Waals surface area contributed by atoms with Crippen LogP contribution in [-0.2, 0) is 9.59 Å². The summed E-state index contributed by atoms with van der Waals surface area (Å²) in [5.74, 6) is -0.378. The number of hydrogen-bond acceptors (Lipinski definition) is 3. The molecule has 0 radical (unpaired) electrons. The lowest BCUT2D eigenvalue weighted by Gasteiger charge is -2.27. The van der Waals surface area contributed by atoms with Crippen LogP contribution >= 0.6 is 0 Å². The number of amides is 2. The molecule has 3 rings (SSSR count). The second-order valence-electron chi connectivity index (χ2n) is 6.80. The van der Waals surface area contributed by atoms with Gasteiger partial charge >= 0.3 is 0 Å². The van der Waals surface area contributed by atoms with E-state index in [1.807, 2.05) is 58.0 Å². The van der Waals surface area contributed by atoms with Crippen molar-refractivity contribution >= 4 is 28.9 Å². The Bertz CT molecular complexity index is 838. The van der Waals surface area contributed by atoms with Crippen molar-refractivity contribution in [3.63, 3.8) is 0 Å². The van der Waals surface area contributed by atoms with Crippen LogP contribution in [0.5, 0.6) is 0 Å². The molecule has 5 nitrogen and oxygen atoms in total. The first-order valence-electron chi connectivity index (χ1n) is 8.38. The van der Waals surface area contributed by atoms with Gasteiger partial charge in [0.25, 0.3) is 0 Å². The Labute approximate surface area is 147 Å². The van der Waals surface area contributed by atoms with Crippen LogP contribution in [0.25, 0.3) is 0 Å². The summed E-state index contributed by atoms with van der Waals surface area (Å²) in [6, 6.07) is 9.25. The molecule has 0 unspecified atom stereocenters. The normalized spacial score (nSPS) is 15.8. The maximum atomic E-state index is 12.4. The van der Waals surface area contributed by atoms with E-state index in [0.717, 1.165) is 39.3 Å². The van der Waals surface area contributed by atoms with Gasteiger partial charge in [-0.2, -0.15) is 0 Å². The molecule has 0 saturated carbocycles. The van der Waals surface area contributed by atoms with Crippen molar-refractivity contribution in [3.05, 3.63) is 52.6 Å². The quantitative estimate of drug-likeness (QED) is 0.800. The summed E-state index contributed by atoms with van der Waals surface area (Å²) in [6.45, 7) is 8.00. The van der Waals surface area contributed by atoms with Gasteiger partial charge in [0.2, 0.25) is 11.8 Å². The van der Waals surface area contributed by atoms with Gasteiger partial charge in [0.05, 0.1) is 17.8 Å². The van der Waals surface area contributed by atoms with Gasteiger partial charge in [-0.05, 0) is 74.2 Å². The lowest BCUT2D eigenvalue weighted by molar-refractivity contribution is -0.122. The fourth-order valence-electron chi connectivity index (χ4n) is 3.10. The summed E-state index contributed by atoms with van der Waals surface area (Å²) >= 11 is 0. The van der Waals surface area contributed by atoms with E-state index in [1.54, 1.807) is 0 Å². The summed E-state index contributed by atoms with van der Waals surface area (Å²) in [6.07, 6.45) is 0.0746. The maximum Gasteiger partial charge on any atom is 0.247 e. The molecule has 5 heteroatoms. The van der Waals surface area contributed by atoms with E-state index in [1.165, 1.54) is 0 Å². The van der Waals surface area contributed by atoms with Crippen molar-refractivity contribution in [1.29, 1.82) is 0 Å². The molecule has 2 aromatic carbocycles. The second kappa shape index (κ2) is 6.59. The van der Waals surface area contributed by atoms with Crippen molar-refractivity contribution in [2.75, 3.05) is 16.0 Å². The summed E-state index contributed by atoms with van der Waals surface area (Å²) in [5, 5.41) is 8.94. The molecule has 1 aliphatic rings. The predicted octanol–water partition coefficient (Wildman–Crippen LogP) is 3.68. The molecule has 2 amide bonds. The Balaban J connectivity index is 1.71. The Hall–Kier alpha value is -2.82. The van der Waals surface area contributed by atoms with Gasteiger partial charge in [0, 0.05) is 5.69 Å². The molecule has 0 spiro atoms. The van der Waals surface area contributed by atoms with E-state index in [2.05, 4.69) is 16.0 Å². The number of nitrogens with one attached hydrogen (secondary N) is 3. The zero-order chi connectivity index (χ0) is 18.1. The first kappa shape index (κ1) is 17.0. The SMILES string of the molecule is Cc1cc(C)cc(NC(=O)C[C@H]2Nc3cc(C)c(C)cc3NC2=O)c1. The monoisotopic (exact) mass is 337 g/mol. The van der Waals surface area contributed by atoms with Crippen LogP contribution in [-0.4, -0.2) is 17.9 Å².